The predicted molar refractivity (Wildman–Crippen MR) is 78.5 cm³/mol. The molecule has 0 amide bonds. The van der Waals surface area contributed by atoms with Crippen LogP contribution in [0.25, 0.3) is 0 Å². The lowest BCUT2D eigenvalue weighted by molar-refractivity contribution is 0.0697. The Labute approximate surface area is 121 Å². The zero-order valence-electron chi connectivity index (χ0n) is 10.6. The molecule has 0 spiro atoms. The normalized spacial score (nSPS) is 10.5. The number of carbonyl (C=O) groups is 1. The summed E-state index contributed by atoms with van der Waals surface area (Å²) in [5.41, 5.74) is 2.60. The van der Waals surface area contributed by atoms with Gasteiger partial charge in [0.25, 0.3) is 0 Å². The first-order valence-electron chi connectivity index (χ1n) is 5.75. The summed E-state index contributed by atoms with van der Waals surface area (Å²) < 4.78 is 0. The lowest BCUT2D eigenvalue weighted by Crippen LogP contribution is -1.95. The van der Waals surface area contributed by atoms with E-state index in [-0.39, 0.29) is 5.56 Å². The minimum absolute atomic E-state index is 0.204. The van der Waals surface area contributed by atoms with Crippen LogP contribution in [-0.2, 0) is 0 Å². The highest BCUT2D eigenvalue weighted by molar-refractivity contribution is 7.99. The first-order chi connectivity index (χ1) is 8.97. The molecule has 0 atom stereocenters. The number of benzene rings is 2. The van der Waals surface area contributed by atoms with Gasteiger partial charge < -0.3 is 5.11 Å². The maximum Gasteiger partial charge on any atom is 0.335 e. The number of aromatic carboxylic acids is 1. The minimum atomic E-state index is -0.968. The Balaban J connectivity index is 2.31. The number of aryl methyl sites for hydroxylation is 2. The first kappa shape index (κ1) is 14.0. The molecule has 0 bridgehead atoms. The van der Waals surface area contributed by atoms with E-state index in [2.05, 4.69) is 32.0 Å². The van der Waals surface area contributed by atoms with E-state index >= 15 is 0 Å². The molecule has 0 aromatic heterocycles. The number of carboxylic acid groups (broad SMARTS) is 1. The fraction of sp³-hybridized carbons (Fsp3) is 0.133. The first-order valence-corrected chi connectivity index (χ1v) is 6.95. The van der Waals surface area contributed by atoms with Gasteiger partial charge in [-0.05, 0) is 43.7 Å². The molecule has 2 aromatic rings. The molecule has 2 aromatic carbocycles. The van der Waals surface area contributed by atoms with E-state index < -0.39 is 5.97 Å². The zero-order valence-corrected chi connectivity index (χ0v) is 12.2. The fourth-order valence-corrected chi connectivity index (χ4v) is 2.93. The van der Waals surface area contributed by atoms with Crippen molar-refractivity contribution in [3.05, 3.63) is 58.1 Å². The second-order valence-electron chi connectivity index (χ2n) is 4.32. The lowest BCUT2D eigenvalue weighted by Gasteiger charge is -2.08. The largest absolute Gasteiger partial charge is 0.478 e. The molecular formula is C15H13ClO2S. The van der Waals surface area contributed by atoms with Gasteiger partial charge in [0.2, 0.25) is 0 Å². The third-order valence-corrected chi connectivity index (χ3v) is 4.41. The van der Waals surface area contributed by atoms with Crippen LogP contribution in [-0.4, -0.2) is 11.1 Å². The van der Waals surface area contributed by atoms with Crippen molar-refractivity contribution >= 4 is 29.3 Å². The molecule has 1 N–H and O–H groups in total. The Kier molecular flexibility index (Phi) is 4.17. The summed E-state index contributed by atoms with van der Waals surface area (Å²) in [6, 6.07) is 11.0. The van der Waals surface area contributed by atoms with Gasteiger partial charge in [-0.2, -0.15) is 0 Å². The van der Waals surface area contributed by atoms with E-state index in [0.717, 1.165) is 9.79 Å². The molecule has 0 heterocycles. The molecule has 2 rings (SSSR count). The van der Waals surface area contributed by atoms with Gasteiger partial charge in [0.05, 0.1) is 10.6 Å². The second-order valence-corrected chi connectivity index (χ2v) is 5.81. The van der Waals surface area contributed by atoms with Gasteiger partial charge in [0.15, 0.2) is 0 Å². The predicted octanol–water partition coefficient (Wildman–Crippen LogP) is 4.81. The third kappa shape index (κ3) is 3.31. The maximum atomic E-state index is 10.8. The topological polar surface area (TPSA) is 37.3 Å². The van der Waals surface area contributed by atoms with Crippen molar-refractivity contribution in [3.8, 4) is 0 Å². The number of hydrogen-bond donors (Lipinski definition) is 1. The highest BCUT2D eigenvalue weighted by Gasteiger charge is 2.09. The highest BCUT2D eigenvalue weighted by Crippen LogP contribution is 2.35. The molecule has 0 aliphatic rings. The summed E-state index contributed by atoms with van der Waals surface area (Å²) in [7, 11) is 0. The van der Waals surface area contributed by atoms with Crippen LogP contribution in [0.2, 0.25) is 5.02 Å². The van der Waals surface area contributed by atoms with Gasteiger partial charge in [0, 0.05) is 9.79 Å². The quantitative estimate of drug-likeness (QED) is 0.882. The molecule has 19 heavy (non-hydrogen) atoms. The van der Waals surface area contributed by atoms with Gasteiger partial charge in [-0.15, -0.1) is 0 Å². The Hall–Kier alpha value is -1.45. The lowest BCUT2D eigenvalue weighted by atomic mass is 10.2. The van der Waals surface area contributed by atoms with Crippen LogP contribution >= 0.6 is 23.4 Å². The highest BCUT2D eigenvalue weighted by atomic mass is 35.5. The second kappa shape index (κ2) is 5.68. The molecule has 0 radical (unpaired) electrons. The summed E-state index contributed by atoms with van der Waals surface area (Å²) >= 11 is 7.67. The average molecular weight is 293 g/mol. The molecular weight excluding hydrogens is 280 g/mol. The van der Waals surface area contributed by atoms with Crippen LogP contribution in [0, 0.1) is 13.8 Å². The molecule has 0 saturated carbocycles. The summed E-state index contributed by atoms with van der Waals surface area (Å²) in [5, 5.41) is 9.36. The standard InChI is InChI=1S/C15H13ClO2S/c1-9-3-5-13(10(2)7-9)19-14-6-4-11(15(17)18)8-12(14)16/h3-8H,1-2H3,(H,17,18). The number of carboxylic acids is 1. The van der Waals surface area contributed by atoms with E-state index in [1.54, 1.807) is 23.9 Å². The number of halogens is 1. The molecule has 98 valence electrons. The minimum Gasteiger partial charge on any atom is -0.478 e. The van der Waals surface area contributed by atoms with Gasteiger partial charge >= 0.3 is 5.97 Å². The zero-order chi connectivity index (χ0) is 14.0. The monoisotopic (exact) mass is 292 g/mol. The summed E-state index contributed by atoms with van der Waals surface area (Å²) in [5.74, 6) is -0.968. The van der Waals surface area contributed by atoms with Crippen LogP contribution in [0.5, 0.6) is 0 Å². The Morgan fingerprint density at radius 1 is 1.11 bits per heavy atom. The smallest absolute Gasteiger partial charge is 0.335 e. The Bertz CT molecular complexity index is 638. The van der Waals surface area contributed by atoms with E-state index in [0.29, 0.717) is 5.02 Å². The molecule has 0 aliphatic heterocycles. The molecule has 0 fully saturated rings. The van der Waals surface area contributed by atoms with Crippen molar-refractivity contribution in [1.82, 2.24) is 0 Å². The molecule has 4 heteroatoms. The van der Waals surface area contributed by atoms with Crippen LogP contribution < -0.4 is 0 Å². The Morgan fingerprint density at radius 2 is 1.79 bits per heavy atom. The summed E-state index contributed by atoms with van der Waals surface area (Å²) in [4.78, 5) is 12.8. The van der Waals surface area contributed by atoms with E-state index in [1.165, 1.54) is 17.2 Å². The summed E-state index contributed by atoms with van der Waals surface area (Å²) in [6.45, 7) is 4.10. The maximum absolute atomic E-state index is 10.8. The number of hydrogen-bond acceptors (Lipinski definition) is 2. The third-order valence-electron chi connectivity index (χ3n) is 2.73. The van der Waals surface area contributed by atoms with Gasteiger partial charge in [0.1, 0.15) is 0 Å². The van der Waals surface area contributed by atoms with E-state index in [1.807, 2.05) is 0 Å². The van der Waals surface area contributed by atoms with Crippen molar-refractivity contribution in [3.63, 3.8) is 0 Å². The van der Waals surface area contributed by atoms with E-state index in [4.69, 9.17) is 16.7 Å². The SMILES string of the molecule is Cc1ccc(Sc2ccc(C(=O)O)cc2Cl)c(C)c1. The van der Waals surface area contributed by atoms with Crippen molar-refractivity contribution in [2.45, 2.75) is 23.6 Å². The summed E-state index contributed by atoms with van der Waals surface area (Å²) in [6.07, 6.45) is 0. The van der Waals surface area contributed by atoms with Crippen molar-refractivity contribution in [2.24, 2.45) is 0 Å². The van der Waals surface area contributed by atoms with Crippen molar-refractivity contribution in [1.29, 1.82) is 0 Å². The van der Waals surface area contributed by atoms with Gasteiger partial charge in [-0.3, -0.25) is 0 Å². The van der Waals surface area contributed by atoms with Gasteiger partial charge in [-0.25, -0.2) is 4.79 Å². The van der Waals surface area contributed by atoms with Crippen molar-refractivity contribution < 1.29 is 9.90 Å². The fourth-order valence-electron chi connectivity index (χ4n) is 1.75. The molecule has 0 unspecified atom stereocenters. The van der Waals surface area contributed by atoms with Crippen LogP contribution in [0.4, 0.5) is 0 Å². The molecule has 0 saturated heterocycles. The average Bonchev–Trinajstić information content (AvgIpc) is 2.34. The molecule has 2 nitrogen and oxygen atoms in total. The van der Waals surface area contributed by atoms with Crippen LogP contribution in [0.3, 0.4) is 0 Å². The van der Waals surface area contributed by atoms with Crippen LogP contribution in [0.1, 0.15) is 21.5 Å². The molecule has 0 aliphatic carbocycles. The van der Waals surface area contributed by atoms with E-state index in [9.17, 15) is 4.79 Å². The number of rotatable bonds is 3. The van der Waals surface area contributed by atoms with Gasteiger partial charge in [-0.1, -0.05) is 41.1 Å². The van der Waals surface area contributed by atoms with Crippen LogP contribution in [0.15, 0.2) is 46.2 Å². The van der Waals surface area contributed by atoms with Crippen molar-refractivity contribution in [2.75, 3.05) is 0 Å². The Morgan fingerprint density at radius 3 is 2.37 bits per heavy atom.